The highest BCUT2D eigenvalue weighted by molar-refractivity contribution is 8.26. The number of carboxylic acids is 1. The molecule has 2 heterocycles. The fourth-order valence-electron chi connectivity index (χ4n) is 6.69. The van der Waals surface area contributed by atoms with E-state index in [1.54, 1.807) is 0 Å². The third kappa shape index (κ3) is 5.38. The summed E-state index contributed by atoms with van der Waals surface area (Å²) in [6, 6.07) is 36.7. The number of carbonyl (C=O) groups is 2. The minimum atomic E-state index is -1.08. The molecular formula is C37H30N2O3S2. The smallest absolute Gasteiger partial charge is 0.323 e. The molecule has 2 unspecified atom stereocenters. The highest BCUT2D eigenvalue weighted by Gasteiger charge is 2.42. The van der Waals surface area contributed by atoms with Gasteiger partial charge in [0.25, 0.3) is 5.91 Å². The molecule has 2 fully saturated rings. The van der Waals surface area contributed by atoms with E-state index in [0.29, 0.717) is 16.9 Å². The molecule has 218 valence electrons. The van der Waals surface area contributed by atoms with Gasteiger partial charge in [-0.25, -0.2) is 0 Å². The van der Waals surface area contributed by atoms with Crippen LogP contribution in [0.25, 0.3) is 17.7 Å². The van der Waals surface area contributed by atoms with Crippen molar-refractivity contribution in [1.82, 2.24) is 4.90 Å². The molecule has 1 saturated heterocycles. The molecule has 0 spiro atoms. The molecule has 7 heteroatoms. The van der Waals surface area contributed by atoms with Gasteiger partial charge in [0.1, 0.15) is 10.9 Å². The molecule has 7 rings (SSSR count). The number of rotatable bonds is 7. The van der Waals surface area contributed by atoms with E-state index in [9.17, 15) is 9.59 Å². The first kappa shape index (κ1) is 28.3. The molecule has 2 atom stereocenters. The first-order valence-corrected chi connectivity index (χ1v) is 16.0. The molecule has 4 aromatic rings. The van der Waals surface area contributed by atoms with E-state index in [2.05, 4.69) is 95.9 Å². The molecule has 3 aliphatic rings. The molecule has 1 amide bonds. The minimum absolute atomic E-state index is 0.282. The number of carbonyl (C=O) groups excluding carboxylic acids is 1. The molecular weight excluding hydrogens is 585 g/mol. The second kappa shape index (κ2) is 11.9. The SMILES string of the molecule is O=C(O)CN1C(=O)C(=Cc2ccc3c(c2)C2CCCC2N3c2ccc(C=C(c3ccccc3)c3ccccc3)cc2)SC1=S. The number of amides is 1. The van der Waals surface area contributed by atoms with Gasteiger partial charge in [0.2, 0.25) is 0 Å². The van der Waals surface area contributed by atoms with Crippen LogP contribution >= 0.6 is 24.0 Å². The number of nitrogens with zero attached hydrogens (tertiary/aromatic N) is 2. The van der Waals surface area contributed by atoms with Crippen molar-refractivity contribution in [2.75, 3.05) is 11.4 Å². The second-order valence-electron chi connectivity index (χ2n) is 11.3. The van der Waals surface area contributed by atoms with Crippen LogP contribution in [0.5, 0.6) is 0 Å². The van der Waals surface area contributed by atoms with E-state index < -0.39 is 12.5 Å². The second-order valence-corrected chi connectivity index (χ2v) is 13.0. The van der Waals surface area contributed by atoms with Crippen LogP contribution in [0.2, 0.25) is 0 Å². The maximum atomic E-state index is 12.8. The maximum Gasteiger partial charge on any atom is 0.323 e. The number of benzene rings is 4. The summed E-state index contributed by atoms with van der Waals surface area (Å²) in [6.45, 7) is -0.417. The molecule has 2 aliphatic heterocycles. The fourth-order valence-corrected chi connectivity index (χ4v) is 7.95. The maximum absolute atomic E-state index is 12.8. The van der Waals surface area contributed by atoms with Crippen LogP contribution in [0.1, 0.15) is 53.0 Å². The summed E-state index contributed by atoms with van der Waals surface area (Å²) in [5, 5.41) is 9.16. The predicted molar refractivity (Wildman–Crippen MR) is 183 cm³/mol. The minimum Gasteiger partial charge on any atom is -0.480 e. The van der Waals surface area contributed by atoms with Crippen LogP contribution in [0.3, 0.4) is 0 Å². The Morgan fingerprint density at radius 3 is 2.20 bits per heavy atom. The van der Waals surface area contributed by atoms with E-state index in [4.69, 9.17) is 17.3 Å². The number of thiocarbonyl (C=S) groups is 1. The Kier molecular flexibility index (Phi) is 7.66. The Morgan fingerprint density at radius 1 is 0.886 bits per heavy atom. The van der Waals surface area contributed by atoms with Gasteiger partial charge in [0.15, 0.2) is 0 Å². The van der Waals surface area contributed by atoms with Crippen molar-refractivity contribution in [3.8, 4) is 0 Å². The summed E-state index contributed by atoms with van der Waals surface area (Å²) >= 11 is 6.44. The Morgan fingerprint density at radius 2 is 1.55 bits per heavy atom. The summed E-state index contributed by atoms with van der Waals surface area (Å²) in [7, 11) is 0. The average molecular weight is 615 g/mol. The van der Waals surface area contributed by atoms with Crippen LogP contribution in [0, 0.1) is 0 Å². The van der Waals surface area contributed by atoms with Gasteiger partial charge in [-0.3, -0.25) is 14.5 Å². The van der Waals surface area contributed by atoms with Gasteiger partial charge in [-0.15, -0.1) is 0 Å². The zero-order chi connectivity index (χ0) is 30.2. The van der Waals surface area contributed by atoms with E-state index in [-0.39, 0.29) is 10.2 Å². The van der Waals surface area contributed by atoms with Crippen LogP contribution in [-0.4, -0.2) is 38.8 Å². The molecule has 1 saturated carbocycles. The molecule has 1 N–H and O–H groups in total. The van der Waals surface area contributed by atoms with E-state index in [1.807, 2.05) is 24.3 Å². The topological polar surface area (TPSA) is 60.9 Å². The molecule has 5 nitrogen and oxygen atoms in total. The molecule has 0 radical (unpaired) electrons. The predicted octanol–water partition coefficient (Wildman–Crippen LogP) is 8.35. The molecule has 0 bridgehead atoms. The molecule has 1 aliphatic carbocycles. The summed E-state index contributed by atoms with van der Waals surface area (Å²) in [6.07, 6.45) is 7.55. The van der Waals surface area contributed by atoms with Crippen molar-refractivity contribution < 1.29 is 14.7 Å². The highest BCUT2D eigenvalue weighted by Crippen LogP contribution is 2.52. The lowest BCUT2D eigenvalue weighted by atomic mass is 9.95. The van der Waals surface area contributed by atoms with Gasteiger partial charge in [0.05, 0.1) is 4.91 Å². The molecule has 44 heavy (non-hydrogen) atoms. The van der Waals surface area contributed by atoms with E-state index >= 15 is 0 Å². The summed E-state index contributed by atoms with van der Waals surface area (Å²) in [5.41, 5.74) is 9.34. The van der Waals surface area contributed by atoms with Crippen LogP contribution in [0.15, 0.2) is 108 Å². The van der Waals surface area contributed by atoms with Crippen molar-refractivity contribution in [3.05, 3.63) is 136 Å². The van der Waals surface area contributed by atoms with Crippen molar-refractivity contribution in [3.63, 3.8) is 0 Å². The Labute approximate surface area is 266 Å². The normalized spacial score (nSPS) is 19.8. The lowest BCUT2D eigenvalue weighted by molar-refractivity contribution is -0.140. The van der Waals surface area contributed by atoms with Crippen molar-refractivity contribution >= 4 is 69.3 Å². The molecule has 0 aromatic heterocycles. The van der Waals surface area contributed by atoms with Crippen LogP contribution < -0.4 is 4.90 Å². The first-order valence-electron chi connectivity index (χ1n) is 14.8. The summed E-state index contributed by atoms with van der Waals surface area (Å²) < 4.78 is 0.282. The highest BCUT2D eigenvalue weighted by atomic mass is 32.2. The quantitative estimate of drug-likeness (QED) is 0.128. The number of fused-ring (bicyclic) bond motifs is 3. The number of carboxylic acid groups (broad SMARTS) is 1. The van der Waals surface area contributed by atoms with E-state index in [0.717, 1.165) is 40.6 Å². The van der Waals surface area contributed by atoms with Gasteiger partial charge in [-0.05, 0) is 82.6 Å². The zero-order valence-electron chi connectivity index (χ0n) is 23.9. The molecule has 4 aromatic carbocycles. The lowest BCUT2D eigenvalue weighted by Gasteiger charge is -2.27. The largest absolute Gasteiger partial charge is 0.480 e. The van der Waals surface area contributed by atoms with Crippen LogP contribution in [-0.2, 0) is 9.59 Å². The Hall–Kier alpha value is -4.46. The van der Waals surface area contributed by atoms with Crippen LogP contribution in [0.4, 0.5) is 11.4 Å². The van der Waals surface area contributed by atoms with Crippen molar-refractivity contribution in [1.29, 1.82) is 0 Å². The number of thioether (sulfide) groups is 1. The lowest BCUT2D eigenvalue weighted by Crippen LogP contribution is -2.33. The third-order valence-corrected chi connectivity index (χ3v) is 10.0. The third-order valence-electron chi connectivity index (χ3n) is 8.64. The van der Waals surface area contributed by atoms with Gasteiger partial charge in [-0.1, -0.05) is 109 Å². The van der Waals surface area contributed by atoms with Gasteiger partial charge in [-0.2, -0.15) is 0 Å². The monoisotopic (exact) mass is 614 g/mol. The standard InChI is InChI=1S/C37H30N2O3S2/c40-35(41)23-38-36(42)34(44-37(38)43)22-25-16-19-33-31(21-25)29-12-7-13-32(29)39(33)28-17-14-24(15-18-28)20-30(26-8-3-1-4-9-26)27-10-5-2-6-11-27/h1-6,8-11,14-22,29,32H,7,12-13,23H2,(H,40,41). The number of hydrogen-bond donors (Lipinski definition) is 1. The van der Waals surface area contributed by atoms with Gasteiger partial charge < -0.3 is 10.0 Å². The average Bonchev–Trinajstić information content (AvgIpc) is 3.71. The summed E-state index contributed by atoms with van der Waals surface area (Å²) in [5.74, 6) is -0.994. The van der Waals surface area contributed by atoms with Gasteiger partial charge in [0, 0.05) is 23.3 Å². The zero-order valence-corrected chi connectivity index (χ0v) is 25.6. The fraction of sp³-hybridized carbons (Fsp3) is 0.162. The van der Waals surface area contributed by atoms with E-state index in [1.165, 1.54) is 40.1 Å². The summed E-state index contributed by atoms with van der Waals surface area (Å²) in [4.78, 5) is 28.1. The number of anilines is 2. The number of hydrogen-bond acceptors (Lipinski definition) is 5. The van der Waals surface area contributed by atoms with Gasteiger partial charge >= 0.3 is 5.97 Å². The Balaban J connectivity index is 1.19. The number of aliphatic carboxylic acids is 1. The first-order chi connectivity index (χ1) is 21.5. The Bertz CT molecular complexity index is 1780. The van der Waals surface area contributed by atoms with Crippen molar-refractivity contribution in [2.24, 2.45) is 0 Å². The van der Waals surface area contributed by atoms with Crippen molar-refractivity contribution in [2.45, 2.75) is 31.2 Å².